The summed E-state index contributed by atoms with van der Waals surface area (Å²) in [6.07, 6.45) is 3.91. The van der Waals surface area contributed by atoms with Gasteiger partial charge < -0.3 is 14.8 Å². The van der Waals surface area contributed by atoms with Gasteiger partial charge in [0.25, 0.3) is 11.8 Å². The van der Waals surface area contributed by atoms with Gasteiger partial charge in [0.1, 0.15) is 15.4 Å². The van der Waals surface area contributed by atoms with Crippen LogP contribution in [-0.4, -0.2) is 38.8 Å². The molecule has 0 unspecified atom stereocenters. The van der Waals surface area contributed by atoms with E-state index >= 15 is 8.78 Å². The number of aryl methyl sites for hydroxylation is 1. The largest absolute Gasteiger partial charge is 0.347 e. The van der Waals surface area contributed by atoms with E-state index in [-0.39, 0.29) is 18.7 Å². The number of carbonyl (C=O) groups is 2. The van der Waals surface area contributed by atoms with Crippen molar-refractivity contribution in [1.82, 2.24) is 19.9 Å². The van der Waals surface area contributed by atoms with E-state index in [2.05, 4.69) is 51.7 Å². The molecular weight excluding hydrogens is 725 g/mol. The first-order valence-corrected chi connectivity index (χ1v) is 19.1. The van der Waals surface area contributed by atoms with Gasteiger partial charge in [-0.1, -0.05) is 140 Å². The van der Waals surface area contributed by atoms with E-state index in [4.69, 9.17) is 0 Å². The van der Waals surface area contributed by atoms with E-state index in [1.807, 2.05) is 95.7 Å². The van der Waals surface area contributed by atoms with E-state index in [0.717, 1.165) is 28.3 Å². The molecule has 0 radical (unpaired) electrons. The predicted octanol–water partition coefficient (Wildman–Crippen LogP) is 9.54. The normalized spacial score (nSPS) is 14.6. The van der Waals surface area contributed by atoms with Crippen molar-refractivity contribution in [2.75, 3.05) is 11.4 Å². The van der Waals surface area contributed by atoms with Crippen LogP contribution in [-0.2, 0) is 16.9 Å². The molecule has 5 aromatic carbocycles. The average Bonchev–Trinajstić information content (AvgIpc) is 3.86. The van der Waals surface area contributed by atoms with Crippen molar-refractivity contribution in [3.05, 3.63) is 203 Å². The van der Waals surface area contributed by atoms with Crippen LogP contribution in [0.1, 0.15) is 49.7 Å². The zero-order valence-corrected chi connectivity index (χ0v) is 31.3. The first kappa shape index (κ1) is 36.5. The molecule has 1 aliphatic rings. The van der Waals surface area contributed by atoms with Gasteiger partial charge in [0.2, 0.25) is 5.91 Å². The number of para-hydroxylation sites is 1. The summed E-state index contributed by atoms with van der Waals surface area (Å²) in [7, 11) is 0. The maximum Gasteiger partial charge on any atom is 0.275 e. The van der Waals surface area contributed by atoms with Crippen LogP contribution >= 0.6 is 11.3 Å². The van der Waals surface area contributed by atoms with Gasteiger partial charge in [-0.2, -0.15) is 0 Å². The Bertz CT molecular complexity index is 2420. The molecule has 1 aliphatic heterocycles. The minimum Gasteiger partial charge on any atom is -0.347 e. The maximum absolute atomic E-state index is 16.1. The lowest BCUT2D eigenvalue weighted by Crippen LogP contribution is -2.37. The maximum atomic E-state index is 16.1. The molecule has 0 spiro atoms. The SMILES string of the molecule is Cc1nc(-c2ccccc2)sc1C(=O)N1CCC(F)(F)C(=CC(=O)NCc2cn(C(c3ccccc3)(c3ccccc3)c3ccccc3)cn2)c2ccccc21. The van der Waals surface area contributed by atoms with Crippen LogP contribution in [0.5, 0.6) is 0 Å². The second-order valence-electron chi connectivity index (χ2n) is 13.6. The van der Waals surface area contributed by atoms with Gasteiger partial charge in [-0.25, -0.2) is 18.7 Å². The fourth-order valence-corrected chi connectivity index (χ4v) is 8.46. The van der Waals surface area contributed by atoms with E-state index in [9.17, 15) is 9.59 Å². The topological polar surface area (TPSA) is 80.1 Å². The minimum atomic E-state index is -3.40. The number of allylic oxidation sites excluding steroid dienone is 1. The van der Waals surface area contributed by atoms with Gasteiger partial charge in [0, 0.05) is 41.9 Å². The van der Waals surface area contributed by atoms with Gasteiger partial charge in [-0.15, -0.1) is 11.3 Å². The number of carbonyl (C=O) groups excluding carboxylic acids is 2. The van der Waals surface area contributed by atoms with Gasteiger partial charge in [-0.3, -0.25) is 9.59 Å². The lowest BCUT2D eigenvalue weighted by Gasteiger charge is -2.37. The van der Waals surface area contributed by atoms with Crippen LogP contribution in [0.4, 0.5) is 14.5 Å². The van der Waals surface area contributed by atoms with Crippen molar-refractivity contribution >= 4 is 34.4 Å². The number of nitrogens with zero attached hydrogens (tertiary/aromatic N) is 4. The van der Waals surface area contributed by atoms with Crippen molar-refractivity contribution in [3.63, 3.8) is 0 Å². The number of amides is 2. The van der Waals surface area contributed by atoms with Gasteiger partial charge in [0.05, 0.1) is 29.9 Å². The van der Waals surface area contributed by atoms with Crippen LogP contribution in [0.15, 0.2) is 164 Å². The molecule has 0 aliphatic carbocycles. The van der Waals surface area contributed by atoms with Crippen molar-refractivity contribution in [1.29, 1.82) is 0 Å². The lowest BCUT2D eigenvalue weighted by atomic mass is 9.77. The predicted molar refractivity (Wildman–Crippen MR) is 217 cm³/mol. The molecule has 7 aromatic rings. The van der Waals surface area contributed by atoms with Crippen LogP contribution in [0.25, 0.3) is 16.1 Å². The average molecular weight is 762 g/mol. The number of alkyl halides is 2. The molecule has 0 saturated carbocycles. The Labute approximate surface area is 327 Å². The number of hydrogen-bond donors (Lipinski definition) is 1. The third kappa shape index (κ3) is 6.84. The van der Waals surface area contributed by atoms with Gasteiger partial charge in [-0.05, 0) is 29.7 Å². The van der Waals surface area contributed by atoms with E-state index in [0.29, 0.717) is 27.0 Å². The van der Waals surface area contributed by atoms with Crippen LogP contribution in [0.2, 0.25) is 0 Å². The molecule has 278 valence electrons. The Balaban J connectivity index is 1.08. The third-order valence-corrected chi connectivity index (χ3v) is 11.3. The summed E-state index contributed by atoms with van der Waals surface area (Å²) in [6.45, 7) is 1.50. The van der Waals surface area contributed by atoms with E-state index in [1.54, 1.807) is 31.5 Å². The summed E-state index contributed by atoms with van der Waals surface area (Å²) in [4.78, 5) is 38.7. The third-order valence-electron chi connectivity index (χ3n) is 10.1. The van der Waals surface area contributed by atoms with E-state index < -0.39 is 35.3 Å². The first-order valence-electron chi connectivity index (χ1n) is 18.3. The molecular formula is C46H37F2N5O2S. The molecule has 0 fully saturated rings. The highest BCUT2D eigenvalue weighted by Gasteiger charge is 2.42. The van der Waals surface area contributed by atoms with Crippen molar-refractivity contribution in [2.45, 2.75) is 31.4 Å². The number of anilines is 1. The number of halogens is 2. The molecule has 8 rings (SSSR count). The van der Waals surface area contributed by atoms with Crippen LogP contribution in [0, 0.1) is 6.92 Å². The van der Waals surface area contributed by atoms with Crippen LogP contribution < -0.4 is 10.2 Å². The number of fused-ring (bicyclic) bond motifs is 1. The number of benzene rings is 5. The summed E-state index contributed by atoms with van der Waals surface area (Å²) >= 11 is 1.23. The Kier molecular flexibility index (Phi) is 9.97. The fourth-order valence-electron chi connectivity index (χ4n) is 7.44. The number of hydrogen-bond acceptors (Lipinski definition) is 5. The minimum absolute atomic E-state index is 0.00368. The molecule has 2 aromatic heterocycles. The Morgan fingerprint density at radius 3 is 1.96 bits per heavy atom. The zero-order valence-electron chi connectivity index (χ0n) is 30.5. The van der Waals surface area contributed by atoms with Crippen LogP contribution in [0.3, 0.4) is 0 Å². The second kappa shape index (κ2) is 15.3. The Morgan fingerprint density at radius 1 is 0.804 bits per heavy atom. The summed E-state index contributed by atoms with van der Waals surface area (Å²) in [5, 5.41) is 3.47. The molecule has 1 N–H and O–H groups in total. The number of nitrogens with one attached hydrogen (secondary N) is 1. The van der Waals surface area contributed by atoms with E-state index in [1.165, 1.54) is 22.3 Å². The van der Waals surface area contributed by atoms with Crippen molar-refractivity contribution < 1.29 is 18.4 Å². The number of aromatic nitrogens is 3. The smallest absolute Gasteiger partial charge is 0.275 e. The highest BCUT2D eigenvalue weighted by molar-refractivity contribution is 7.17. The molecule has 3 heterocycles. The second-order valence-corrected chi connectivity index (χ2v) is 14.6. The Hall–Kier alpha value is -6.52. The molecule has 7 nitrogen and oxygen atoms in total. The molecule has 2 amide bonds. The quantitative estimate of drug-likeness (QED) is 0.117. The Morgan fingerprint density at radius 2 is 1.36 bits per heavy atom. The van der Waals surface area contributed by atoms with Gasteiger partial charge in [0.15, 0.2) is 0 Å². The van der Waals surface area contributed by atoms with Crippen molar-refractivity contribution in [2.24, 2.45) is 0 Å². The first-order chi connectivity index (χ1) is 27.3. The lowest BCUT2D eigenvalue weighted by molar-refractivity contribution is -0.116. The molecule has 0 bridgehead atoms. The van der Waals surface area contributed by atoms with Crippen molar-refractivity contribution in [3.8, 4) is 10.6 Å². The summed E-state index contributed by atoms with van der Waals surface area (Å²) < 4.78 is 34.2. The standard InChI is InChI=1S/C46H37F2N5O2S/c1-32-42(56-43(51-32)33-16-6-2-7-17-33)44(55)53-27-26-45(47,48)39(38-24-14-15-25-40(38)53)28-41(54)49-29-37-30-52(31-50-37)46(34-18-8-3-9-19-34,35-20-10-4-11-21-35)36-22-12-5-13-23-36/h2-25,28,30-31H,26-27,29H2,1H3,(H,49,54). The molecule has 0 saturated heterocycles. The monoisotopic (exact) mass is 761 g/mol. The number of rotatable bonds is 9. The summed E-state index contributed by atoms with van der Waals surface area (Å²) in [6, 6.07) is 46.4. The highest BCUT2D eigenvalue weighted by atomic mass is 32.1. The fraction of sp³-hybridized carbons (Fsp3) is 0.130. The highest BCUT2D eigenvalue weighted by Crippen LogP contribution is 2.44. The number of imidazole rings is 1. The molecule has 10 heteroatoms. The zero-order chi connectivity index (χ0) is 38.7. The molecule has 56 heavy (non-hydrogen) atoms. The molecule has 0 atom stereocenters. The number of thiazole rings is 1. The summed E-state index contributed by atoms with van der Waals surface area (Å²) in [5.41, 5.74) is 4.16. The summed E-state index contributed by atoms with van der Waals surface area (Å²) in [5.74, 6) is -4.51. The van der Waals surface area contributed by atoms with Gasteiger partial charge >= 0.3 is 0 Å².